The Hall–Kier alpha value is -0.570. The third-order valence-electron chi connectivity index (χ3n) is 2.85. The molecular formula is C11H22N2O. The molecule has 3 nitrogen and oxygen atoms in total. The molecule has 1 amide bonds. The van der Waals surface area contributed by atoms with Crippen LogP contribution in [-0.2, 0) is 4.79 Å². The summed E-state index contributed by atoms with van der Waals surface area (Å²) in [5.41, 5.74) is 5.84. The van der Waals surface area contributed by atoms with Crippen LogP contribution >= 0.6 is 0 Å². The first-order chi connectivity index (χ1) is 6.63. The quantitative estimate of drug-likeness (QED) is 0.741. The predicted molar refractivity (Wildman–Crippen MR) is 57.9 cm³/mol. The fourth-order valence-electron chi connectivity index (χ4n) is 2.08. The summed E-state index contributed by atoms with van der Waals surface area (Å²) >= 11 is 0. The largest absolute Gasteiger partial charge is 0.341 e. The molecule has 0 aromatic heterocycles. The summed E-state index contributed by atoms with van der Waals surface area (Å²) in [4.78, 5) is 13.5. The number of piperidine rings is 1. The molecule has 2 N–H and O–H groups in total. The van der Waals surface area contributed by atoms with Gasteiger partial charge in [0.2, 0.25) is 5.91 Å². The summed E-state index contributed by atoms with van der Waals surface area (Å²) in [6, 6.07) is 0.196. The first kappa shape index (κ1) is 11.5. The van der Waals surface area contributed by atoms with Gasteiger partial charge in [-0.15, -0.1) is 0 Å². The number of hydrogen-bond donors (Lipinski definition) is 1. The minimum absolute atomic E-state index is 0.196. The van der Waals surface area contributed by atoms with Crippen LogP contribution in [0, 0.1) is 5.92 Å². The van der Waals surface area contributed by atoms with E-state index < -0.39 is 0 Å². The fraction of sp³-hybridized carbons (Fsp3) is 0.909. The molecule has 3 heteroatoms. The monoisotopic (exact) mass is 198 g/mol. The second-order valence-electron chi connectivity index (χ2n) is 4.49. The van der Waals surface area contributed by atoms with E-state index in [1.54, 1.807) is 0 Å². The molecule has 2 atom stereocenters. The van der Waals surface area contributed by atoms with Crippen LogP contribution in [0.5, 0.6) is 0 Å². The van der Waals surface area contributed by atoms with Crippen LogP contribution in [0.3, 0.4) is 0 Å². The fourth-order valence-corrected chi connectivity index (χ4v) is 2.08. The zero-order chi connectivity index (χ0) is 10.6. The maximum Gasteiger partial charge on any atom is 0.222 e. The summed E-state index contributed by atoms with van der Waals surface area (Å²) in [6.07, 6.45) is 3.88. The smallest absolute Gasteiger partial charge is 0.222 e. The Morgan fingerprint density at radius 1 is 1.64 bits per heavy atom. The molecule has 2 unspecified atom stereocenters. The average molecular weight is 198 g/mol. The van der Waals surface area contributed by atoms with Crippen LogP contribution in [0.1, 0.15) is 39.5 Å². The molecule has 0 aromatic carbocycles. The van der Waals surface area contributed by atoms with Gasteiger partial charge < -0.3 is 10.6 Å². The van der Waals surface area contributed by atoms with Crippen molar-refractivity contribution in [2.75, 3.05) is 13.1 Å². The summed E-state index contributed by atoms with van der Waals surface area (Å²) in [5.74, 6) is 0.893. The Bertz CT molecular complexity index is 194. The highest BCUT2D eigenvalue weighted by Crippen LogP contribution is 2.14. The van der Waals surface area contributed by atoms with Crippen LogP contribution in [0.25, 0.3) is 0 Å². The molecule has 0 bridgehead atoms. The average Bonchev–Trinajstić information content (AvgIpc) is 2.12. The number of nitrogens with zero attached hydrogens (tertiary/aromatic N) is 1. The maximum absolute atomic E-state index is 11.5. The molecule has 1 aliphatic rings. The molecule has 0 aromatic rings. The number of likely N-dealkylation sites (tertiary alicyclic amines) is 1. The molecule has 1 rings (SSSR count). The van der Waals surface area contributed by atoms with Crippen LogP contribution in [0.2, 0.25) is 0 Å². The Balaban J connectivity index is 2.37. The molecule has 1 saturated heterocycles. The Labute approximate surface area is 86.6 Å². The van der Waals surface area contributed by atoms with E-state index in [9.17, 15) is 4.79 Å². The van der Waals surface area contributed by atoms with Gasteiger partial charge in [-0.3, -0.25) is 4.79 Å². The summed E-state index contributed by atoms with van der Waals surface area (Å²) in [6.45, 7) is 6.03. The summed E-state index contributed by atoms with van der Waals surface area (Å²) in [5, 5.41) is 0. The van der Waals surface area contributed by atoms with Gasteiger partial charge in [-0.05, 0) is 18.8 Å². The van der Waals surface area contributed by atoms with Gasteiger partial charge in [-0.25, -0.2) is 0 Å². The SMILES string of the molecule is CCCC(C)CN1CC(N)CCC1=O. The topological polar surface area (TPSA) is 46.3 Å². The van der Waals surface area contributed by atoms with Crippen molar-refractivity contribution in [1.82, 2.24) is 4.90 Å². The third-order valence-corrected chi connectivity index (χ3v) is 2.85. The van der Waals surface area contributed by atoms with E-state index >= 15 is 0 Å². The lowest BCUT2D eigenvalue weighted by Gasteiger charge is -2.32. The molecular weight excluding hydrogens is 176 g/mol. The molecule has 0 radical (unpaired) electrons. The van der Waals surface area contributed by atoms with Gasteiger partial charge >= 0.3 is 0 Å². The van der Waals surface area contributed by atoms with Crippen molar-refractivity contribution in [3.8, 4) is 0 Å². The molecule has 82 valence electrons. The highest BCUT2D eigenvalue weighted by atomic mass is 16.2. The van der Waals surface area contributed by atoms with Crippen molar-refractivity contribution < 1.29 is 4.79 Å². The van der Waals surface area contributed by atoms with Crippen LogP contribution < -0.4 is 5.73 Å². The number of carbonyl (C=O) groups is 1. The Morgan fingerprint density at radius 2 is 2.36 bits per heavy atom. The van der Waals surface area contributed by atoms with E-state index in [0.29, 0.717) is 12.3 Å². The molecule has 1 aliphatic heterocycles. The second-order valence-corrected chi connectivity index (χ2v) is 4.49. The predicted octanol–water partition coefficient (Wildman–Crippen LogP) is 1.37. The molecule has 14 heavy (non-hydrogen) atoms. The van der Waals surface area contributed by atoms with Gasteiger partial charge in [0, 0.05) is 25.6 Å². The van der Waals surface area contributed by atoms with Crippen LogP contribution in [0.4, 0.5) is 0 Å². The van der Waals surface area contributed by atoms with Gasteiger partial charge in [0.15, 0.2) is 0 Å². The van der Waals surface area contributed by atoms with Gasteiger partial charge in [0.25, 0.3) is 0 Å². The molecule has 1 heterocycles. The van der Waals surface area contributed by atoms with Crippen molar-refractivity contribution >= 4 is 5.91 Å². The van der Waals surface area contributed by atoms with Crippen molar-refractivity contribution in [2.24, 2.45) is 11.7 Å². The number of rotatable bonds is 4. The van der Waals surface area contributed by atoms with Crippen LogP contribution in [0.15, 0.2) is 0 Å². The molecule has 0 spiro atoms. The van der Waals surface area contributed by atoms with Crippen molar-refractivity contribution in [3.63, 3.8) is 0 Å². The lowest BCUT2D eigenvalue weighted by molar-refractivity contribution is -0.134. The molecule has 0 aliphatic carbocycles. The number of amides is 1. The van der Waals surface area contributed by atoms with E-state index in [0.717, 1.165) is 19.5 Å². The highest BCUT2D eigenvalue weighted by Gasteiger charge is 2.23. The first-order valence-electron chi connectivity index (χ1n) is 5.66. The minimum Gasteiger partial charge on any atom is -0.341 e. The van der Waals surface area contributed by atoms with Crippen molar-refractivity contribution in [1.29, 1.82) is 0 Å². The lowest BCUT2D eigenvalue weighted by Crippen LogP contribution is -2.47. The van der Waals surface area contributed by atoms with E-state index in [1.807, 2.05) is 4.90 Å². The normalized spacial score (nSPS) is 25.2. The van der Waals surface area contributed by atoms with E-state index in [2.05, 4.69) is 13.8 Å². The number of hydrogen-bond acceptors (Lipinski definition) is 2. The maximum atomic E-state index is 11.5. The van der Waals surface area contributed by atoms with Gasteiger partial charge in [-0.2, -0.15) is 0 Å². The number of carbonyl (C=O) groups excluding carboxylic acids is 1. The molecule has 1 fully saturated rings. The second kappa shape index (κ2) is 5.35. The van der Waals surface area contributed by atoms with Crippen LogP contribution in [-0.4, -0.2) is 29.9 Å². The van der Waals surface area contributed by atoms with Gasteiger partial charge in [0.1, 0.15) is 0 Å². The van der Waals surface area contributed by atoms with Crippen molar-refractivity contribution in [2.45, 2.75) is 45.6 Å². The zero-order valence-electron chi connectivity index (χ0n) is 9.33. The highest BCUT2D eigenvalue weighted by molar-refractivity contribution is 5.77. The Morgan fingerprint density at radius 3 is 3.00 bits per heavy atom. The standard InChI is InChI=1S/C11H22N2O/c1-3-4-9(2)7-13-8-10(12)5-6-11(13)14/h9-10H,3-8,12H2,1-2H3. The summed E-state index contributed by atoms with van der Waals surface area (Å²) < 4.78 is 0. The van der Waals surface area contributed by atoms with Gasteiger partial charge in [-0.1, -0.05) is 20.3 Å². The summed E-state index contributed by atoms with van der Waals surface area (Å²) in [7, 11) is 0. The van der Waals surface area contributed by atoms with E-state index in [-0.39, 0.29) is 11.9 Å². The molecule has 0 saturated carbocycles. The van der Waals surface area contributed by atoms with E-state index in [4.69, 9.17) is 5.73 Å². The minimum atomic E-state index is 0.196. The Kier molecular flexibility index (Phi) is 4.39. The third kappa shape index (κ3) is 3.29. The van der Waals surface area contributed by atoms with Crippen molar-refractivity contribution in [3.05, 3.63) is 0 Å². The zero-order valence-corrected chi connectivity index (χ0v) is 9.33. The first-order valence-corrected chi connectivity index (χ1v) is 5.66. The lowest BCUT2D eigenvalue weighted by atomic mass is 10.0. The van der Waals surface area contributed by atoms with Gasteiger partial charge in [0.05, 0.1) is 0 Å². The van der Waals surface area contributed by atoms with E-state index in [1.165, 1.54) is 12.8 Å². The number of nitrogens with two attached hydrogens (primary N) is 1.